The molecular formula is C12H11F3OS. The second kappa shape index (κ2) is 4.96. The van der Waals surface area contributed by atoms with Crippen LogP contribution in [0.1, 0.15) is 18.1 Å². The summed E-state index contributed by atoms with van der Waals surface area (Å²) in [5.41, 5.74) is -0.0389. The Kier molecular flexibility index (Phi) is 4.03. The number of carbonyl (C=O) groups is 1. The van der Waals surface area contributed by atoms with Gasteiger partial charge in [-0.15, -0.1) is 11.8 Å². The summed E-state index contributed by atoms with van der Waals surface area (Å²) in [5.74, 6) is -0.250. The van der Waals surface area contributed by atoms with Crippen molar-refractivity contribution in [3.63, 3.8) is 0 Å². The minimum Gasteiger partial charge on any atom is -0.295 e. The van der Waals surface area contributed by atoms with E-state index < -0.39 is 11.7 Å². The maximum atomic E-state index is 12.5. The molecule has 0 spiro atoms. The van der Waals surface area contributed by atoms with Gasteiger partial charge in [-0.1, -0.05) is 12.6 Å². The Balaban J connectivity index is 3.28. The molecule has 0 saturated carbocycles. The molecular weight excluding hydrogens is 249 g/mol. The van der Waals surface area contributed by atoms with Gasteiger partial charge < -0.3 is 0 Å². The lowest BCUT2D eigenvalue weighted by molar-refractivity contribution is -0.137. The highest BCUT2D eigenvalue weighted by molar-refractivity contribution is 7.98. The molecule has 0 bridgehead atoms. The summed E-state index contributed by atoms with van der Waals surface area (Å²) in [5, 5.41) is 0. The summed E-state index contributed by atoms with van der Waals surface area (Å²) >= 11 is 1.16. The molecule has 17 heavy (non-hydrogen) atoms. The summed E-state index contributed by atoms with van der Waals surface area (Å²) in [6, 6.07) is 3.29. The van der Waals surface area contributed by atoms with Gasteiger partial charge >= 0.3 is 6.18 Å². The van der Waals surface area contributed by atoms with E-state index in [-0.39, 0.29) is 11.4 Å². The van der Waals surface area contributed by atoms with Crippen molar-refractivity contribution in [2.24, 2.45) is 0 Å². The number of halogens is 3. The maximum absolute atomic E-state index is 12.5. The van der Waals surface area contributed by atoms with Gasteiger partial charge in [0.25, 0.3) is 0 Å². The average Bonchev–Trinajstić information content (AvgIpc) is 2.25. The molecule has 0 N–H and O–H groups in total. The zero-order chi connectivity index (χ0) is 13.2. The molecule has 0 heterocycles. The van der Waals surface area contributed by atoms with Crippen LogP contribution in [0.5, 0.6) is 0 Å². The van der Waals surface area contributed by atoms with Crippen LogP contribution >= 0.6 is 11.8 Å². The third-order valence-corrected chi connectivity index (χ3v) is 3.06. The lowest BCUT2D eigenvalue weighted by Crippen LogP contribution is -2.06. The van der Waals surface area contributed by atoms with Gasteiger partial charge in [-0.3, -0.25) is 4.79 Å². The molecule has 0 amide bonds. The van der Waals surface area contributed by atoms with E-state index in [0.29, 0.717) is 10.5 Å². The normalized spacial score (nSPS) is 11.4. The molecule has 0 radical (unpaired) electrons. The first-order valence-corrected chi connectivity index (χ1v) is 5.95. The van der Waals surface area contributed by atoms with Crippen molar-refractivity contribution in [1.29, 1.82) is 0 Å². The molecule has 0 aliphatic carbocycles. The quantitative estimate of drug-likeness (QED) is 0.603. The van der Waals surface area contributed by atoms with Crippen LogP contribution in [0.15, 0.2) is 29.7 Å². The smallest absolute Gasteiger partial charge is 0.295 e. The zero-order valence-corrected chi connectivity index (χ0v) is 10.2. The average molecular weight is 260 g/mol. The molecule has 1 aromatic carbocycles. The first kappa shape index (κ1) is 13.8. The second-order valence-electron chi connectivity index (χ2n) is 3.45. The first-order chi connectivity index (χ1) is 7.77. The summed E-state index contributed by atoms with van der Waals surface area (Å²) in [4.78, 5) is 11.6. The van der Waals surface area contributed by atoms with Gasteiger partial charge in [0.05, 0.1) is 5.56 Å². The molecule has 1 nitrogen and oxygen atoms in total. The fraction of sp³-hybridized carbons (Fsp3) is 0.250. The van der Waals surface area contributed by atoms with Gasteiger partial charge in [0.15, 0.2) is 5.78 Å². The third-order valence-electron chi connectivity index (χ3n) is 2.28. The summed E-state index contributed by atoms with van der Waals surface area (Å²) in [6.07, 6.45) is -2.72. The number of allylic oxidation sites excluding steroid dienone is 1. The van der Waals surface area contributed by atoms with Crippen molar-refractivity contribution in [2.75, 3.05) is 6.26 Å². The number of alkyl halides is 3. The topological polar surface area (TPSA) is 17.1 Å². The Morgan fingerprint density at radius 1 is 1.35 bits per heavy atom. The van der Waals surface area contributed by atoms with E-state index in [2.05, 4.69) is 6.58 Å². The van der Waals surface area contributed by atoms with Gasteiger partial charge in [-0.2, -0.15) is 13.2 Å². The van der Waals surface area contributed by atoms with Gasteiger partial charge in [-0.25, -0.2) is 0 Å². The van der Waals surface area contributed by atoms with Crippen molar-refractivity contribution in [3.05, 3.63) is 35.9 Å². The number of carbonyl (C=O) groups excluding carboxylic acids is 1. The third kappa shape index (κ3) is 3.12. The largest absolute Gasteiger partial charge is 0.416 e. The van der Waals surface area contributed by atoms with Crippen LogP contribution < -0.4 is 0 Å². The molecule has 92 valence electrons. The molecule has 0 atom stereocenters. The number of thioether (sulfide) groups is 1. The molecule has 0 aliphatic heterocycles. The first-order valence-electron chi connectivity index (χ1n) is 4.73. The Morgan fingerprint density at radius 2 is 1.94 bits per heavy atom. The van der Waals surface area contributed by atoms with Gasteiger partial charge in [0.2, 0.25) is 0 Å². The molecule has 1 aromatic rings. The Hall–Kier alpha value is -1.23. The number of rotatable bonds is 3. The van der Waals surface area contributed by atoms with E-state index in [1.54, 1.807) is 6.26 Å². The molecule has 0 aliphatic rings. The lowest BCUT2D eigenvalue weighted by Gasteiger charge is -2.12. The molecule has 0 aromatic heterocycles. The van der Waals surface area contributed by atoms with E-state index in [1.165, 1.54) is 13.0 Å². The number of hydrogen-bond acceptors (Lipinski definition) is 2. The Bertz CT molecular complexity index is 463. The highest BCUT2D eigenvalue weighted by Gasteiger charge is 2.31. The number of benzene rings is 1. The molecule has 5 heteroatoms. The summed E-state index contributed by atoms with van der Waals surface area (Å²) in [6.45, 7) is 4.92. The minimum absolute atomic E-state index is 0.225. The lowest BCUT2D eigenvalue weighted by atomic mass is 10.0. The maximum Gasteiger partial charge on any atom is 0.416 e. The predicted molar refractivity (Wildman–Crippen MR) is 62.9 cm³/mol. The van der Waals surface area contributed by atoms with E-state index in [0.717, 1.165) is 23.9 Å². The molecule has 0 unspecified atom stereocenters. The van der Waals surface area contributed by atoms with Crippen LogP contribution in [-0.4, -0.2) is 12.0 Å². The van der Waals surface area contributed by atoms with Crippen LogP contribution in [0.4, 0.5) is 13.2 Å². The predicted octanol–water partition coefficient (Wildman–Crippen LogP) is 4.03. The van der Waals surface area contributed by atoms with Gasteiger partial charge in [-0.05, 0) is 30.9 Å². The van der Waals surface area contributed by atoms with Crippen LogP contribution in [0.2, 0.25) is 0 Å². The SMILES string of the molecule is C=C(C(C)=O)c1ccc(C(F)(F)F)cc1SC. The van der Waals surface area contributed by atoms with Crippen LogP contribution in [0.3, 0.4) is 0 Å². The Morgan fingerprint density at radius 3 is 2.35 bits per heavy atom. The van der Waals surface area contributed by atoms with E-state index >= 15 is 0 Å². The van der Waals surface area contributed by atoms with Crippen molar-refractivity contribution >= 4 is 23.1 Å². The number of Topliss-reactive ketones (excluding diaryl/α,β-unsaturated/α-hetero) is 1. The van der Waals surface area contributed by atoms with Crippen molar-refractivity contribution in [3.8, 4) is 0 Å². The fourth-order valence-corrected chi connectivity index (χ4v) is 1.96. The van der Waals surface area contributed by atoms with Crippen molar-refractivity contribution < 1.29 is 18.0 Å². The summed E-state index contributed by atoms with van der Waals surface area (Å²) < 4.78 is 37.5. The molecule has 0 saturated heterocycles. The van der Waals surface area contributed by atoms with E-state index in [4.69, 9.17) is 0 Å². The van der Waals surface area contributed by atoms with Crippen LogP contribution in [-0.2, 0) is 11.0 Å². The number of ketones is 1. The highest BCUT2D eigenvalue weighted by Crippen LogP contribution is 2.35. The number of hydrogen-bond donors (Lipinski definition) is 0. The summed E-state index contributed by atoms with van der Waals surface area (Å²) in [7, 11) is 0. The zero-order valence-electron chi connectivity index (χ0n) is 9.39. The minimum atomic E-state index is -4.37. The van der Waals surface area contributed by atoms with Crippen LogP contribution in [0.25, 0.3) is 5.57 Å². The fourth-order valence-electron chi connectivity index (χ4n) is 1.31. The van der Waals surface area contributed by atoms with Crippen molar-refractivity contribution in [1.82, 2.24) is 0 Å². The van der Waals surface area contributed by atoms with Crippen LogP contribution in [0, 0.1) is 0 Å². The highest BCUT2D eigenvalue weighted by atomic mass is 32.2. The van der Waals surface area contributed by atoms with Crippen molar-refractivity contribution in [2.45, 2.75) is 18.0 Å². The van der Waals surface area contributed by atoms with E-state index in [1.807, 2.05) is 0 Å². The molecule has 0 fully saturated rings. The monoisotopic (exact) mass is 260 g/mol. The van der Waals surface area contributed by atoms with E-state index in [9.17, 15) is 18.0 Å². The van der Waals surface area contributed by atoms with Gasteiger partial charge in [0.1, 0.15) is 0 Å². The molecule has 1 rings (SSSR count). The standard InChI is InChI=1S/C12H11F3OS/c1-7(8(2)16)10-5-4-9(12(13,14)15)6-11(10)17-3/h4-6H,1H2,2-3H3. The Labute approximate surface area is 102 Å². The second-order valence-corrected chi connectivity index (χ2v) is 4.30. The van der Waals surface area contributed by atoms with Gasteiger partial charge in [0, 0.05) is 10.5 Å².